The number of thioether (sulfide) groups is 1. The maximum absolute atomic E-state index is 12.6. The van der Waals surface area contributed by atoms with E-state index < -0.39 is 21.2 Å². The van der Waals surface area contributed by atoms with Crippen molar-refractivity contribution in [1.29, 1.82) is 0 Å². The SMILES string of the molecule is Cc1ccc(N=C2NC(=O)/C(=C/c3cc(C)n(-c4ccc(Oc5ccc([N+](=O)[O-])cc5[N+](=O)[O-])cc4)c3C)S2)cc1. The van der Waals surface area contributed by atoms with Gasteiger partial charge in [-0.3, -0.25) is 25.0 Å². The van der Waals surface area contributed by atoms with Gasteiger partial charge in [0.05, 0.1) is 26.5 Å². The second-order valence-corrected chi connectivity index (χ2v) is 10.3. The van der Waals surface area contributed by atoms with Crippen LogP contribution in [0.15, 0.2) is 82.7 Å². The average Bonchev–Trinajstić information content (AvgIpc) is 3.42. The maximum Gasteiger partial charge on any atom is 0.318 e. The van der Waals surface area contributed by atoms with Crippen molar-refractivity contribution in [2.45, 2.75) is 20.8 Å². The van der Waals surface area contributed by atoms with Crippen LogP contribution in [0.4, 0.5) is 17.1 Å². The lowest BCUT2D eigenvalue weighted by molar-refractivity contribution is -0.394. The number of nitro groups is 2. The van der Waals surface area contributed by atoms with Gasteiger partial charge in [0.2, 0.25) is 5.75 Å². The van der Waals surface area contributed by atoms with Crippen LogP contribution in [0.2, 0.25) is 0 Å². The van der Waals surface area contributed by atoms with Gasteiger partial charge in [-0.2, -0.15) is 0 Å². The minimum absolute atomic E-state index is 0.104. The Labute approximate surface area is 238 Å². The van der Waals surface area contributed by atoms with Crippen molar-refractivity contribution in [3.8, 4) is 17.2 Å². The minimum atomic E-state index is -0.723. The first-order chi connectivity index (χ1) is 19.6. The highest BCUT2D eigenvalue weighted by molar-refractivity contribution is 8.18. The lowest BCUT2D eigenvalue weighted by Crippen LogP contribution is -2.19. The normalized spacial score (nSPS) is 14.9. The zero-order chi connectivity index (χ0) is 29.3. The second kappa shape index (κ2) is 11.1. The number of ether oxygens (including phenoxy) is 1. The number of aliphatic imine (C=N–C) groups is 1. The highest BCUT2D eigenvalue weighted by Crippen LogP contribution is 2.35. The molecule has 1 aliphatic heterocycles. The molecule has 4 aromatic rings. The standard InChI is InChI=1S/C29H23N5O6S/c1-17-4-6-21(7-5-17)30-29-31-28(35)27(41-29)15-20-14-18(2)32(19(20)3)22-8-11-24(12-9-22)40-26-13-10-23(33(36)37)16-25(26)34(38)39/h4-16H,1-3H3,(H,30,31,35)/b27-15-. The lowest BCUT2D eigenvalue weighted by Gasteiger charge is -2.11. The highest BCUT2D eigenvalue weighted by Gasteiger charge is 2.25. The Morgan fingerprint density at radius 3 is 2.29 bits per heavy atom. The molecule has 1 N–H and O–H groups in total. The molecule has 0 radical (unpaired) electrons. The van der Waals surface area contributed by atoms with E-state index in [4.69, 9.17) is 4.74 Å². The molecule has 0 unspecified atom stereocenters. The number of nitrogens with zero attached hydrogens (tertiary/aromatic N) is 4. The van der Waals surface area contributed by atoms with E-state index in [2.05, 4.69) is 10.3 Å². The molecule has 5 rings (SSSR count). The van der Waals surface area contributed by atoms with Gasteiger partial charge in [0.15, 0.2) is 5.17 Å². The summed E-state index contributed by atoms with van der Waals surface area (Å²) in [5.41, 5.74) is 4.53. The summed E-state index contributed by atoms with van der Waals surface area (Å²) in [5, 5.41) is 25.7. The number of hydrogen-bond donors (Lipinski definition) is 1. The van der Waals surface area contributed by atoms with Crippen LogP contribution in [0, 0.1) is 41.0 Å². The predicted octanol–water partition coefficient (Wildman–Crippen LogP) is 6.90. The van der Waals surface area contributed by atoms with Gasteiger partial charge in [-0.25, -0.2) is 4.99 Å². The van der Waals surface area contributed by atoms with Gasteiger partial charge >= 0.3 is 5.69 Å². The first kappa shape index (κ1) is 27.3. The van der Waals surface area contributed by atoms with Gasteiger partial charge in [-0.15, -0.1) is 0 Å². The summed E-state index contributed by atoms with van der Waals surface area (Å²) in [7, 11) is 0. The molecular formula is C29H23N5O6S. The molecular weight excluding hydrogens is 546 g/mol. The van der Waals surface area contributed by atoms with Crippen molar-refractivity contribution in [2.24, 2.45) is 4.99 Å². The van der Waals surface area contributed by atoms with E-state index in [-0.39, 0.29) is 11.7 Å². The van der Waals surface area contributed by atoms with Gasteiger partial charge in [0.1, 0.15) is 5.75 Å². The van der Waals surface area contributed by atoms with E-state index in [0.717, 1.165) is 46.0 Å². The van der Waals surface area contributed by atoms with E-state index >= 15 is 0 Å². The monoisotopic (exact) mass is 569 g/mol. The third-order valence-corrected chi connectivity index (χ3v) is 7.26. The van der Waals surface area contributed by atoms with E-state index in [0.29, 0.717) is 15.8 Å². The Bertz CT molecular complexity index is 1760. The highest BCUT2D eigenvalue weighted by atomic mass is 32.2. The van der Waals surface area contributed by atoms with Gasteiger partial charge in [-0.1, -0.05) is 17.7 Å². The number of aromatic nitrogens is 1. The van der Waals surface area contributed by atoms with E-state index in [1.165, 1.54) is 17.8 Å². The molecule has 0 spiro atoms. The Morgan fingerprint density at radius 2 is 1.63 bits per heavy atom. The minimum Gasteiger partial charge on any atom is -0.450 e. The van der Waals surface area contributed by atoms with Gasteiger partial charge < -0.3 is 14.6 Å². The molecule has 1 aromatic heterocycles. The summed E-state index contributed by atoms with van der Waals surface area (Å²) in [5.74, 6) is 0.00986. The Kier molecular flexibility index (Phi) is 7.40. The van der Waals surface area contributed by atoms with Gasteiger partial charge in [-0.05, 0) is 92.7 Å². The van der Waals surface area contributed by atoms with Crippen LogP contribution in [0.25, 0.3) is 11.8 Å². The fourth-order valence-electron chi connectivity index (χ4n) is 4.33. The Balaban J connectivity index is 1.36. The van der Waals surface area contributed by atoms with Crippen molar-refractivity contribution in [3.05, 3.63) is 120 Å². The number of benzene rings is 3. The van der Waals surface area contributed by atoms with Crippen molar-refractivity contribution in [2.75, 3.05) is 0 Å². The molecule has 1 amide bonds. The molecule has 0 atom stereocenters. The smallest absolute Gasteiger partial charge is 0.318 e. The zero-order valence-corrected chi connectivity index (χ0v) is 23.0. The summed E-state index contributed by atoms with van der Waals surface area (Å²) < 4.78 is 7.70. The third-order valence-electron chi connectivity index (χ3n) is 6.35. The molecule has 0 aliphatic carbocycles. The number of aryl methyl sites for hydroxylation is 2. The van der Waals surface area contributed by atoms with Crippen LogP contribution in [-0.2, 0) is 4.79 Å². The Morgan fingerprint density at radius 1 is 0.927 bits per heavy atom. The van der Waals surface area contributed by atoms with Crippen LogP contribution in [0.1, 0.15) is 22.5 Å². The molecule has 12 heteroatoms. The second-order valence-electron chi connectivity index (χ2n) is 9.24. The molecule has 41 heavy (non-hydrogen) atoms. The maximum atomic E-state index is 12.6. The number of non-ortho nitro benzene ring substituents is 1. The third kappa shape index (κ3) is 5.87. The zero-order valence-electron chi connectivity index (χ0n) is 22.2. The fraction of sp³-hybridized carbons (Fsp3) is 0.103. The van der Waals surface area contributed by atoms with Crippen molar-refractivity contribution < 1.29 is 19.4 Å². The molecule has 3 aromatic carbocycles. The fourth-order valence-corrected chi connectivity index (χ4v) is 5.16. The first-order valence-corrected chi connectivity index (χ1v) is 13.2. The van der Waals surface area contributed by atoms with Crippen molar-refractivity contribution in [3.63, 3.8) is 0 Å². The lowest BCUT2D eigenvalue weighted by atomic mass is 10.2. The number of nitro benzene ring substituents is 2. The number of nitrogens with one attached hydrogen (secondary N) is 1. The molecule has 206 valence electrons. The summed E-state index contributed by atoms with van der Waals surface area (Å²) in [6.45, 7) is 5.90. The summed E-state index contributed by atoms with van der Waals surface area (Å²) in [4.78, 5) is 38.7. The number of amidine groups is 1. The molecule has 2 heterocycles. The van der Waals surface area contributed by atoms with Crippen molar-refractivity contribution in [1.82, 2.24) is 9.88 Å². The summed E-state index contributed by atoms with van der Waals surface area (Å²) in [6, 6.07) is 19.8. The molecule has 1 fully saturated rings. The molecule has 0 bridgehead atoms. The summed E-state index contributed by atoms with van der Waals surface area (Å²) in [6.07, 6.45) is 1.84. The number of carbonyl (C=O) groups excluding carboxylic acids is 1. The quantitative estimate of drug-likeness (QED) is 0.145. The van der Waals surface area contributed by atoms with Crippen LogP contribution in [-0.4, -0.2) is 25.5 Å². The molecule has 1 saturated heterocycles. The van der Waals surface area contributed by atoms with Crippen LogP contribution >= 0.6 is 11.8 Å². The summed E-state index contributed by atoms with van der Waals surface area (Å²) >= 11 is 1.28. The van der Waals surface area contributed by atoms with E-state index in [9.17, 15) is 25.0 Å². The number of hydrogen-bond acceptors (Lipinski definition) is 8. The largest absolute Gasteiger partial charge is 0.450 e. The van der Waals surface area contributed by atoms with Gasteiger partial charge in [0.25, 0.3) is 11.6 Å². The van der Waals surface area contributed by atoms with Crippen molar-refractivity contribution >= 4 is 46.0 Å². The first-order valence-electron chi connectivity index (χ1n) is 12.4. The Hall–Kier alpha value is -5.23. The molecule has 0 saturated carbocycles. The van der Waals surface area contributed by atoms with E-state index in [1.807, 2.05) is 61.7 Å². The topological polar surface area (TPSA) is 142 Å². The molecule has 1 aliphatic rings. The number of carbonyl (C=O) groups is 1. The van der Waals surface area contributed by atoms with Crippen LogP contribution < -0.4 is 10.1 Å². The number of amides is 1. The number of rotatable bonds is 7. The molecule has 11 nitrogen and oxygen atoms in total. The van der Waals surface area contributed by atoms with Crippen LogP contribution in [0.5, 0.6) is 11.5 Å². The predicted molar refractivity (Wildman–Crippen MR) is 157 cm³/mol. The van der Waals surface area contributed by atoms with Gasteiger partial charge in [0, 0.05) is 23.1 Å². The van der Waals surface area contributed by atoms with E-state index in [1.54, 1.807) is 24.3 Å². The average molecular weight is 570 g/mol. The van der Waals surface area contributed by atoms with Crippen LogP contribution in [0.3, 0.4) is 0 Å².